The molecule has 1 aliphatic carbocycles. The van der Waals surface area contributed by atoms with E-state index in [1.807, 2.05) is 0 Å². The highest BCUT2D eigenvalue weighted by molar-refractivity contribution is 5.77. The second kappa shape index (κ2) is 7.13. The van der Waals surface area contributed by atoms with Gasteiger partial charge in [0.2, 0.25) is 5.91 Å². The molecule has 0 saturated heterocycles. The Kier molecular flexibility index (Phi) is 5.44. The number of aromatic nitrogens is 2. The number of alkyl halides is 3. The number of hydrogen-bond acceptors (Lipinski definition) is 3. The first-order valence-corrected chi connectivity index (χ1v) is 7.43. The molecule has 1 aliphatic rings. The predicted octanol–water partition coefficient (Wildman–Crippen LogP) is 1.93. The number of carbonyl (C=O) groups excluding carboxylic acids is 1. The summed E-state index contributed by atoms with van der Waals surface area (Å²) in [4.78, 5) is 11.4. The highest BCUT2D eigenvalue weighted by atomic mass is 19.4. The molecule has 1 heterocycles. The summed E-state index contributed by atoms with van der Waals surface area (Å²) < 4.78 is 45.4. The van der Waals surface area contributed by atoms with Crippen molar-refractivity contribution >= 4 is 5.91 Å². The fourth-order valence-corrected chi connectivity index (χ4v) is 2.63. The number of halogens is 3. The van der Waals surface area contributed by atoms with E-state index in [2.05, 4.69) is 10.4 Å². The summed E-state index contributed by atoms with van der Waals surface area (Å²) in [6.45, 7) is 2.64. The van der Waals surface area contributed by atoms with E-state index < -0.39 is 11.9 Å². The maximum Gasteiger partial charge on any atom is 0.435 e. The zero-order valence-corrected chi connectivity index (χ0v) is 12.5. The Balaban J connectivity index is 2.02. The molecule has 8 heteroatoms. The van der Waals surface area contributed by atoms with E-state index in [4.69, 9.17) is 4.74 Å². The molecule has 1 N–H and O–H groups in total. The van der Waals surface area contributed by atoms with Gasteiger partial charge in [-0.15, -0.1) is 0 Å². The Morgan fingerprint density at radius 1 is 1.36 bits per heavy atom. The van der Waals surface area contributed by atoms with E-state index in [9.17, 15) is 18.0 Å². The summed E-state index contributed by atoms with van der Waals surface area (Å²) in [7, 11) is 0. The third kappa shape index (κ3) is 4.00. The van der Waals surface area contributed by atoms with Gasteiger partial charge in [0.25, 0.3) is 0 Å². The van der Waals surface area contributed by atoms with Crippen molar-refractivity contribution in [3.8, 4) is 0 Å². The number of carbonyl (C=O) groups is 1. The molecule has 2 rings (SSSR count). The zero-order valence-electron chi connectivity index (χ0n) is 12.5. The van der Waals surface area contributed by atoms with Gasteiger partial charge in [-0.05, 0) is 32.6 Å². The Morgan fingerprint density at radius 2 is 2.09 bits per heavy atom. The standard InChI is InChI=1S/C14H20F3N3O2/c1-2-22-9-12(21)18-7-8-20-11-6-4-3-5-10(11)13(19-20)14(15,16)17/h2-9H2,1H3,(H,18,21). The van der Waals surface area contributed by atoms with Crippen LogP contribution in [0.1, 0.15) is 36.7 Å². The lowest BCUT2D eigenvalue weighted by atomic mass is 9.95. The van der Waals surface area contributed by atoms with Crippen LogP contribution in [0.5, 0.6) is 0 Å². The largest absolute Gasteiger partial charge is 0.435 e. The van der Waals surface area contributed by atoms with Crippen LogP contribution in [0.4, 0.5) is 13.2 Å². The van der Waals surface area contributed by atoms with Crippen LogP contribution in [0.2, 0.25) is 0 Å². The molecule has 0 unspecified atom stereocenters. The number of nitrogens with one attached hydrogen (secondary N) is 1. The van der Waals surface area contributed by atoms with Crippen molar-refractivity contribution in [1.82, 2.24) is 15.1 Å². The highest BCUT2D eigenvalue weighted by Crippen LogP contribution is 2.35. The molecule has 0 spiro atoms. The SMILES string of the molecule is CCOCC(=O)NCCn1nc(C(F)(F)F)c2c1CCCC2. The van der Waals surface area contributed by atoms with E-state index in [0.29, 0.717) is 30.7 Å². The second-order valence-electron chi connectivity index (χ2n) is 5.19. The van der Waals surface area contributed by atoms with Crippen molar-refractivity contribution < 1.29 is 22.7 Å². The van der Waals surface area contributed by atoms with E-state index >= 15 is 0 Å². The molecule has 1 amide bonds. The number of ether oxygens (including phenoxy) is 1. The monoisotopic (exact) mass is 319 g/mol. The van der Waals surface area contributed by atoms with Gasteiger partial charge in [-0.25, -0.2) is 0 Å². The van der Waals surface area contributed by atoms with Crippen molar-refractivity contribution in [3.63, 3.8) is 0 Å². The van der Waals surface area contributed by atoms with Crippen LogP contribution in [0.3, 0.4) is 0 Å². The molecular formula is C14H20F3N3O2. The molecule has 0 aromatic carbocycles. The zero-order chi connectivity index (χ0) is 16.2. The summed E-state index contributed by atoms with van der Waals surface area (Å²) in [5, 5.41) is 6.35. The number of fused-ring (bicyclic) bond motifs is 1. The van der Waals surface area contributed by atoms with E-state index in [1.165, 1.54) is 4.68 Å². The smallest absolute Gasteiger partial charge is 0.372 e. The first-order valence-electron chi connectivity index (χ1n) is 7.43. The molecule has 22 heavy (non-hydrogen) atoms. The third-order valence-electron chi connectivity index (χ3n) is 3.61. The first kappa shape index (κ1) is 16.8. The maximum absolute atomic E-state index is 13.0. The van der Waals surface area contributed by atoms with Crippen LogP contribution in [-0.4, -0.2) is 35.4 Å². The highest BCUT2D eigenvalue weighted by Gasteiger charge is 2.39. The maximum atomic E-state index is 13.0. The van der Waals surface area contributed by atoms with Gasteiger partial charge in [0.1, 0.15) is 6.61 Å². The van der Waals surface area contributed by atoms with Gasteiger partial charge in [0, 0.05) is 24.4 Å². The fraction of sp³-hybridized carbons (Fsp3) is 0.714. The van der Waals surface area contributed by atoms with E-state index in [-0.39, 0.29) is 25.6 Å². The van der Waals surface area contributed by atoms with Gasteiger partial charge in [-0.3, -0.25) is 9.48 Å². The summed E-state index contributed by atoms with van der Waals surface area (Å²) in [6.07, 6.45) is -1.78. The van der Waals surface area contributed by atoms with Crippen molar-refractivity contribution in [1.29, 1.82) is 0 Å². The minimum atomic E-state index is -4.43. The molecule has 0 aliphatic heterocycles. The van der Waals surface area contributed by atoms with Crippen LogP contribution >= 0.6 is 0 Å². The molecule has 0 atom stereocenters. The van der Waals surface area contributed by atoms with Crippen LogP contribution in [0.15, 0.2) is 0 Å². The van der Waals surface area contributed by atoms with Crippen molar-refractivity contribution in [3.05, 3.63) is 17.0 Å². The lowest BCUT2D eigenvalue weighted by Gasteiger charge is -2.15. The van der Waals surface area contributed by atoms with Crippen LogP contribution in [-0.2, 0) is 35.1 Å². The predicted molar refractivity (Wildman–Crippen MR) is 73.4 cm³/mol. The van der Waals surface area contributed by atoms with E-state index in [0.717, 1.165) is 12.8 Å². The molecule has 1 aromatic heterocycles. The summed E-state index contributed by atoms with van der Waals surface area (Å²) >= 11 is 0. The van der Waals surface area contributed by atoms with Gasteiger partial charge >= 0.3 is 6.18 Å². The van der Waals surface area contributed by atoms with Crippen LogP contribution in [0.25, 0.3) is 0 Å². The Morgan fingerprint density at radius 3 is 2.77 bits per heavy atom. The molecule has 0 radical (unpaired) electrons. The van der Waals surface area contributed by atoms with Gasteiger partial charge in [-0.1, -0.05) is 0 Å². The lowest BCUT2D eigenvalue weighted by molar-refractivity contribution is -0.142. The van der Waals surface area contributed by atoms with E-state index in [1.54, 1.807) is 6.92 Å². The summed E-state index contributed by atoms with van der Waals surface area (Å²) in [5.74, 6) is -0.279. The van der Waals surface area contributed by atoms with Gasteiger partial charge in [-0.2, -0.15) is 18.3 Å². The molecule has 0 fully saturated rings. The van der Waals surface area contributed by atoms with Gasteiger partial charge < -0.3 is 10.1 Å². The first-order chi connectivity index (χ1) is 10.4. The number of amides is 1. The summed E-state index contributed by atoms with van der Waals surface area (Å²) in [6, 6.07) is 0. The van der Waals surface area contributed by atoms with Crippen LogP contribution in [0, 0.1) is 0 Å². The lowest BCUT2D eigenvalue weighted by Crippen LogP contribution is -2.31. The molecule has 124 valence electrons. The van der Waals surface area contributed by atoms with Gasteiger partial charge in [0.15, 0.2) is 5.69 Å². The average Bonchev–Trinajstić information content (AvgIpc) is 2.84. The van der Waals surface area contributed by atoms with Crippen molar-refractivity contribution in [2.45, 2.75) is 45.3 Å². The Labute approximate surface area is 126 Å². The quantitative estimate of drug-likeness (QED) is 0.872. The number of hydrogen-bond donors (Lipinski definition) is 1. The molecule has 5 nitrogen and oxygen atoms in total. The van der Waals surface area contributed by atoms with Crippen molar-refractivity contribution in [2.24, 2.45) is 0 Å². The number of nitrogens with zero attached hydrogens (tertiary/aromatic N) is 2. The molecule has 1 aromatic rings. The second-order valence-corrected chi connectivity index (χ2v) is 5.19. The average molecular weight is 319 g/mol. The topological polar surface area (TPSA) is 56.1 Å². The molecule has 0 saturated carbocycles. The summed E-state index contributed by atoms with van der Waals surface area (Å²) in [5.41, 5.74) is 0.194. The minimum absolute atomic E-state index is 0.0402. The van der Waals surface area contributed by atoms with Crippen LogP contribution < -0.4 is 5.32 Å². The Bertz CT molecular complexity index is 526. The third-order valence-corrected chi connectivity index (χ3v) is 3.61. The Hall–Kier alpha value is -1.57. The van der Waals surface area contributed by atoms with Gasteiger partial charge in [0.05, 0.1) is 6.54 Å². The minimum Gasteiger partial charge on any atom is -0.372 e. The van der Waals surface area contributed by atoms with Crippen molar-refractivity contribution in [2.75, 3.05) is 19.8 Å². The number of rotatable bonds is 6. The normalized spacial score (nSPS) is 14.7. The molecule has 0 bridgehead atoms. The fourth-order valence-electron chi connectivity index (χ4n) is 2.63. The molecular weight excluding hydrogens is 299 g/mol.